The zero-order valence-electron chi connectivity index (χ0n) is 12.7. The highest BCUT2D eigenvalue weighted by molar-refractivity contribution is 6.95. The average molecular weight is 273 g/mol. The van der Waals surface area contributed by atoms with Crippen molar-refractivity contribution in [2.24, 2.45) is 5.92 Å². The molecule has 2 rings (SSSR count). The lowest BCUT2D eigenvalue weighted by atomic mass is 10.1. The molecule has 1 N–H and O–H groups in total. The lowest BCUT2D eigenvalue weighted by Crippen LogP contribution is -2.53. The number of nitrogens with one attached hydrogen (secondary N) is 1. The molecule has 19 heavy (non-hydrogen) atoms. The number of hydrogen-bond acceptors (Lipinski definition) is 1. The highest BCUT2D eigenvalue weighted by atomic mass is 28.3. The molecule has 1 aromatic rings. The van der Waals surface area contributed by atoms with Crippen LogP contribution in [-0.2, 0) is 0 Å². The Bertz CT molecular complexity index is 634. The van der Waals surface area contributed by atoms with Gasteiger partial charge in [-0.25, -0.2) is 0 Å². The van der Waals surface area contributed by atoms with Crippen LogP contribution < -0.4 is 10.7 Å². The van der Waals surface area contributed by atoms with Gasteiger partial charge in [0.15, 0.2) is 0 Å². The Balaban J connectivity index is 2.60. The Labute approximate surface area is 116 Å². The van der Waals surface area contributed by atoms with Crippen molar-refractivity contribution in [1.29, 1.82) is 0 Å². The largest absolute Gasteiger partial charge is 0.329 e. The fourth-order valence-corrected chi connectivity index (χ4v) is 7.30. The van der Waals surface area contributed by atoms with Crippen molar-refractivity contribution in [2.75, 3.05) is 0 Å². The summed E-state index contributed by atoms with van der Waals surface area (Å²) in [7, 11) is -1.91. The second kappa shape index (κ2) is 4.64. The Hall–Kier alpha value is -1.35. The quantitative estimate of drug-likeness (QED) is 0.825. The van der Waals surface area contributed by atoms with Crippen molar-refractivity contribution in [3.63, 3.8) is 0 Å². The first kappa shape index (κ1) is 14.1. The van der Waals surface area contributed by atoms with E-state index in [9.17, 15) is 4.79 Å². The van der Waals surface area contributed by atoms with Crippen LogP contribution in [-0.4, -0.2) is 13.1 Å². The van der Waals surface area contributed by atoms with Crippen molar-refractivity contribution in [2.45, 2.75) is 40.8 Å². The van der Waals surface area contributed by atoms with Crippen LogP contribution in [0.3, 0.4) is 0 Å². The lowest BCUT2D eigenvalue weighted by Gasteiger charge is -2.29. The molecule has 1 unspecified atom stereocenters. The number of hydrogen-bond donors (Lipinski definition) is 1. The zero-order chi connectivity index (χ0) is 14.4. The third-order valence-corrected chi connectivity index (χ3v) is 8.70. The molecule has 1 aliphatic rings. The van der Waals surface area contributed by atoms with E-state index in [-0.39, 0.29) is 5.56 Å². The van der Waals surface area contributed by atoms with Crippen LogP contribution in [0, 0.1) is 5.92 Å². The van der Waals surface area contributed by atoms with Gasteiger partial charge in [-0.05, 0) is 38.3 Å². The monoisotopic (exact) mass is 273 g/mol. The summed E-state index contributed by atoms with van der Waals surface area (Å²) in [5.41, 5.74) is 4.36. The van der Waals surface area contributed by atoms with E-state index in [2.05, 4.69) is 45.8 Å². The second-order valence-electron chi connectivity index (χ2n) is 6.11. The first-order valence-corrected chi connectivity index (χ1v) is 9.85. The normalized spacial score (nSPS) is 20.4. The summed E-state index contributed by atoms with van der Waals surface area (Å²) in [4.78, 5) is 15.0. The summed E-state index contributed by atoms with van der Waals surface area (Å²) in [6, 6.07) is 3.94. The molecule has 0 radical (unpaired) electrons. The fraction of sp³-hybridized carbons (Fsp3) is 0.438. The molecule has 102 valence electrons. The van der Waals surface area contributed by atoms with Crippen LogP contribution in [0.2, 0.25) is 13.1 Å². The smallest absolute Gasteiger partial charge is 0.247 e. The third kappa shape index (κ3) is 2.06. The van der Waals surface area contributed by atoms with Crippen LogP contribution in [0.25, 0.3) is 0 Å². The van der Waals surface area contributed by atoms with Crippen LogP contribution in [0.1, 0.15) is 27.7 Å². The van der Waals surface area contributed by atoms with E-state index in [1.165, 1.54) is 21.9 Å². The molecular weight excluding hydrogens is 250 g/mol. The number of pyridine rings is 1. The average Bonchev–Trinajstić information content (AvgIpc) is 2.54. The molecule has 0 saturated carbocycles. The zero-order valence-corrected chi connectivity index (χ0v) is 13.7. The maximum atomic E-state index is 12.1. The molecular formula is C16H23NOSi. The standard InChI is InChI=1S/C16H23NOSi/c1-10-11(2)13(4)15(12(10)3)19(5,6)14-8-7-9-17-16(14)18/h7-9,12H,1-6H3,(H,17,18). The molecule has 1 aromatic heterocycles. The first-order valence-electron chi connectivity index (χ1n) is 6.85. The topological polar surface area (TPSA) is 32.9 Å². The summed E-state index contributed by atoms with van der Waals surface area (Å²) in [6.45, 7) is 13.5. The molecule has 0 spiro atoms. The van der Waals surface area contributed by atoms with Crippen molar-refractivity contribution < 1.29 is 0 Å². The highest BCUT2D eigenvalue weighted by Gasteiger charge is 2.38. The molecule has 0 saturated heterocycles. The van der Waals surface area contributed by atoms with Crippen molar-refractivity contribution in [3.05, 3.63) is 50.6 Å². The minimum Gasteiger partial charge on any atom is -0.329 e. The van der Waals surface area contributed by atoms with E-state index < -0.39 is 8.07 Å². The molecule has 0 bridgehead atoms. The molecule has 0 fully saturated rings. The van der Waals surface area contributed by atoms with Gasteiger partial charge in [0.2, 0.25) is 5.56 Å². The van der Waals surface area contributed by atoms with Gasteiger partial charge in [0.25, 0.3) is 0 Å². The summed E-state index contributed by atoms with van der Waals surface area (Å²) in [6.07, 6.45) is 1.71. The molecule has 1 heterocycles. The van der Waals surface area contributed by atoms with E-state index >= 15 is 0 Å². The number of rotatable bonds is 2. The van der Waals surface area contributed by atoms with Crippen LogP contribution in [0.5, 0.6) is 0 Å². The van der Waals surface area contributed by atoms with Gasteiger partial charge in [0.1, 0.15) is 8.07 Å². The first-order chi connectivity index (χ1) is 8.78. The number of aromatic amines is 1. The molecule has 0 aliphatic heterocycles. The summed E-state index contributed by atoms with van der Waals surface area (Å²) >= 11 is 0. The van der Waals surface area contributed by atoms with Crippen molar-refractivity contribution in [3.8, 4) is 0 Å². The maximum Gasteiger partial charge on any atom is 0.247 e. The van der Waals surface area contributed by atoms with E-state index in [4.69, 9.17) is 0 Å². The summed E-state index contributed by atoms with van der Waals surface area (Å²) in [5, 5.41) is 2.50. The van der Waals surface area contributed by atoms with Gasteiger partial charge in [0, 0.05) is 11.4 Å². The van der Waals surface area contributed by atoms with Gasteiger partial charge >= 0.3 is 0 Å². The predicted octanol–water partition coefficient (Wildman–Crippen LogP) is 3.13. The summed E-state index contributed by atoms with van der Waals surface area (Å²) < 4.78 is 0. The Morgan fingerprint density at radius 2 is 1.79 bits per heavy atom. The van der Waals surface area contributed by atoms with E-state index in [0.29, 0.717) is 5.92 Å². The van der Waals surface area contributed by atoms with Crippen LogP contribution in [0.15, 0.2) is 45.0 Å². The minimum absolute atomic E-state index is 0.0777. The Kier molecular flexibility index (Phi) is 3.43. The summed E-state index contributed by atoms with van der Waals surface area (Å²) in [5.74, 6) is 0.473. The highest BCUT2D eigenvalue weighted by Crippen LogP contribution is 2.40. The predicted molar refractivity (Wildman–Crippen MR) is 84.4 cm³/mol. The molecule has 2 nitrogen and oxygen atoms in total. The van der Waals surface area contributed by atoms with Gasteiger partial charge in [-0.1, -0.05) is 42.4 Å². The third-order valence-electron chi connectivity index (χ3n) is 4.81. The number of H-pyrrole nitrogens is 1. The Morgan fingerprint density at radius 1 is 1.16 bits per heavy atom. The molecule has 0 amide bonds. The van der Waals surface area contributed by atoms with Gasteiger partial charge in [-0.15, -0.1) is 0 Å². The van der Waals surface area contributed by atoms with Crippen LogP contribution in [0.4, 0.5) is 0 Å². The maximum absolute atomic E-state index is 12.1. The number of allylic oxidation sites excluding steroid dienone is 4. The molecule has 1 atom stereocenters. The minimum atomic E-state index is -1.91. The SMILES string of the molecule is CC1=C(C)C(C)C([Si](C)(C)c2ccc[nH]c2=O)=C1C. The lowest BCUT2D eigenvalue weighted by molar-refractivity contribution is 0.849. The second-order valence-corrected chi connectivity index (χ2v) is 10.4. The van der Waals surface area contributed by atoms with Crippen molar-refractivity contribution in [1.82, 2.24) is 4.98 Å². The van der Waals surface area contributed by atoms with E-state index in [0.717, 1.165) is 5.19 Å². The van der Waals surface area contributed by atoms with Crippen molar-refractivity contribution >= 4 is 13.3 Å². The van der Waals surface area contributed by atoms with Gasteiger partial charge in [-0.2, -0.15) is 0 Å². The molecule has 1 aliphatic carbocycles. The fourth-order valence-electron chi connectivity index (χ4n) is 3.43. The molecule has 3 heteroatoms. The van der Waals surface area contributed by atoms with Crippen LogP contribution >= 0.6 is 0 Å². The van der Waals surface area contributed by atoms with E-state index in [1.54, 1.807) is 6.20 Å². The Morgan fingerprint density at radius 3 is 2.26 bits per heavy atom. The van der Waals surface area contributed by atoms with Gasteiger partial charge in [0.05, 0.1) is 0 Å². The van der Waals surface area contributed by atoms with Gasteiger partial charge < -0.3 is 4.98 Å². The van der Waals surface area contributed by atoms with Gasteiger partial charge in [-0.3, -0.25) is 4.79 Å². The molecule has 0 aromatic carbocycles. The van der Waals surface area contributed by atoms with E-state index in [1.807, 2.05) is 12.1 Å². The number of aromatic nitrogens is 1.